The lowest BCUT2D eigenvalue weighted by atomic mass is 10.1. The van der Waals surface area contributed by atoms with Gasteiger partial charge in [0.1, 0.15) is 11.4 Å². The zero-order chi connectivity index (χ0) is 25.4. The summed E-state index contributed by atoms with van der Waals surface area (Å²) >= 11 is 3.16. The molecule has 3 aromatic rings. The van der Waals surface area contributed by atoms with Crippen LogP contribution in [0.15, 0.2) is 65.1 Å². The molecule has 0 N–H and O–H groups in total. The average molecular weight is 550 g/mol. The molecule has 34 heavy (non-hydrogen) atoms. The minimum absolute atomic E-state index is 0.00826. The highest BCUT2D eigenvalue weighted by Gasteiger charge is 2.37. The summed E-state index contributed by atoms with van der Waals surface area (Å²) < 4.78 is 79.4. The first-order chi connectivity index (χ1) is 15.7. The summed E-state index contributed by atoms with van der Waals surface area (Å²) in [7, 11) is 0. The van der Waals surface area contributed by atoms with Crippen molar-refractivity contribution < 1.29 is 36.2 Å². The Morgan fingerprint density at radius 2 is 1.06 bits per heavy atom. The Labute approximate surface area is 194 Å². The van der Waals surface area contributed by atoms with Gasteiger partial charge in [0.25, 0.3) is 11.4 Å². The van der Waals surface area contributed by atoms with Crippen LogP contribution in [0.4, 0.5) is 54.8 Å². The number of alkyl halides is 6. The first kappa shape index (κ1) is 25.0. The Bertz CT molecular complexity index is 1190. The van der Waals surface area contributed by atoms with Gasteiger partial charge in [0.2, 0.25) is 0 Å². The van der Waals surface area contributed by atoms with E-state index >= 15 is 0 Å². The standard InChI is InChI=1S/C20H10BrF6N3O4/c21-13-3-5-14(6-4-13)28(15-7-1-11(19(22,23)24)9-17(15)29(31)32)16-8-2-12(20(25,26)27)10-18(16)30(33)34/h1-10H. The van der Waals surface area contributed by atoms with Crippen LogP contribution in [0.2, 0.25) is 0 Å². The van der Waals surface area contributed by atoms with Gasteiger partial charge in [-0.05, 0) is 48.5 Å². The van der Waals surface area contributed by atoms with E-state index in [1.165, 1.54) is 24.3 Å². The molecule has 0 unspecified atom stereocenters. The van der Waals surface area contributed by atoms with Crippen LogP contribution in [0.25, 0.3) is 0 Å². The maximum Gasteiger partial charge on any atom is 0.416 e. The van der Waals surface area contributed by atoms with Gasteiger partial charge >= 0.3 is 12.4 Å². The molecule has 3 aromatic carbocycles. The van der Waals surface area contributed by atoms with Crippen LogP contribution in [0.1, 0.15) is 11.1 Å². The van der Waals surface area contributed by atoms with Crippen molar-refractivity contribution in [2.75, 3.05) is 4.90 Å². The minimum Gasteiger partial charge on any atom is -0.298 e. The smallest absolute Gasteiger partial charge is 0.298 e. The predicted octanol–water partition coefficient (Wildman–Crippen LogP) is 7.77. The van der Waals surface area contributed by atoms with E-state index < -0.39 is 56.1 Å². The van der Waals surface area contributed by atoms with E-state index in [0.29, 0.717) is 16.6 Å². The highest BCUT2D eigenvalue weighted by molar-refractivity contribution is 9.10. The summed E-state index contributed by atoms with van der Waals surface area (Å²) in [6.07, 6.45) is -9.85. The van der Waals surface area contributed by atoms with Gasteiger partial charge in [-0.25, -0.2) is 0 Å². The molecule has 0 radical (unpaired) electrons. The first-order valence-electron chi connectivity index (χ1n) is 8.97. The van der Waals surface area contributed by atoms with Crippen molar-refractivity contribution in [3.63, 3.8) is 0 Å². The van der Waals surface area contributed by atoms with Gasteiger partial charge < -0.3 is 0 Å². The Balaban J connectivity index is 2.37. The molecule has 0 bridgehead atoms. The summed E-state index contributed by atoms with van der Waals surface area (Å²) in [5.74, 6) is 0. The largest absolute Gasteiger partial charge is 0.416 e. The fourth-order valence-corrected chi connectivity index (χ4v) is 3.33. The van der Waals surface area contributed by atoms with Crippen LogP contribution in [-0.2, 0) is 12.4 Å². The zero-order valence-corrected chi connectivity index (χ0v) is 18.0. The summed E-state index contributed by atoms with van der Waals surface area (Å²) in [6, 6.07) is 8.54. The van der Waals surface area contributed by atoms with Gasteiger partial charge in [-0.1, -0.05) is 15.9 Å². The number of nitro benzene ring substituents is 2. The van der Waals surface area contributed by atoms with Crippen molar-refractivity contribution in [2.24, 2.45) is 0 Å². The van der Waals surface area contributed by atoms with Gasteiger partial charge in [0, 0.05) is 22.3 Å². The fourth-order valence-electron chi connectivity index (χ4n) is 3.07. The molecular weight excluding hydrogens is 540 g/mol. The second-order valence-corrected chi connectivity index (χ2v) is 7.64. The van der Waals surface area contributed by atoms with Gasteiger partial charge in [0.05, 0.1) is 21.0 Å². The predicted molar refractivity (Wildman–Crippen MR) is 112 cm³/mol. The van der Waals surface area contributed by atoms with E-state index in [4.69, 9.17) is 0 Å². The van der Waals surface area contributed by atoms with Crippen molar-refractivity contribution in [3.8, 4) is 0 Å². The van der Waals surface area contributed by atoms with E-state index in [1.54, 1.807) is 0 Å². The Hall–Kier alpha value is -3.68. The molecule has 0 aromatic heterocycles. The molecule has 0 amide bonds. The molecule has 0 aliphatic rings. The van der Waals surface area contributed by atoms with E-state index in [-0.39, 0.29) is 17.8 Å². The van der Waals surface area contributed by atoms with Crippen molar-refractivity contribution in [3.05, 3.63) is 96.5 Å². The number of hydrogen-bond donors (Lipinski definition) is 0. The van der Waals surface area contributed by atoms with Crippen LogP contribution in [0.3, 0.4) is 0 Å². The Morgan fingerprint density at radius 3 is 1.38 bits per heavy atom. The number of nitro groups is 2. The first-order valence-corrected chi connectivity index (χ1v) is 9.76. The van der Waals surface area contributed by atoms with Crippen LogP contribution >= 0.6 is 15.9 Å². The normalized spacial score (nSPS) is 11.9. The fraction of sp³-hybridized carbons (Fsp3) is 0.100. The third-order valence-electron chi connectivity index (χ3n) is 4.57. The number of benzene rings is 3. The molecule has 178 valence electrons. The SMILES string of the molecule is O=[N+]([O-])c1cc(C(F)(F)F)ccc1N(c1ccc(Br)cc1)c1ccc(C(F)(F)F)cc1[N+](=O)[O-]. The lowest BCUT2D eigenvalue weighted by Gasteiger charge is -2.25. The molecule has 0 saturated carbocycles. The summed E-state index contributed by atoms with van der Waals surface area (Å²) in [5.41, 5.74) is -5.86. The summed E-state index contributed by atoms with van der Waals surface area (Å²) in [4.78, 5) is 21.9. The van der Waals surface area contributed by atoms with Crippen LogP contribution in [-0.4, -0.2) is 9.85 Å². The highest BCUT2D eigenvalue weighted by atomic mass is 79.9. The molecule has 0 spiro atoms. The van der Waals surface area contributed by atoms with Crippen molar-refractivity contribution in [1.82, 2.24) is 0 Å². The van der Waals surface area contributed by atoms with Crippen molar-refractivity contribution in [2.45, 2.75) is 12.4 Å². The molecule has 14 heteroatoms. The average Bonchev–Trinajstić information content (AvgIpc) is 2.74. The molecule has 0 aliphatic heterocycles. The molecule has 0 heterocycles. The second kappa shape index (κ2) is 8.93. The molecule has 0 fully saturated rings. The maximum absolute atomic E-state index is 13.1. The van der Waals surface area contributed by atoms with E-state index in [0.717, 1.165) is 17.0 Å². The van der Waals surface area contributed by atoms with Crippen molar-refractivity contribution >= 4 is 44.4 Å². The van der Waals surface area contributed by atoms with Crippen molar-refractivity contribution in [1.29, 1.82) is 0 Å². The summed E-state index contributed by atoms with van der Waals surface area (Å²) in [5, 5.41) is 23.3. The molecule has 3 rings (SSSR count). The van der Waals surface area contributed by atoms with Crippen LogP contribution < -0.4 is 4.90 Å². The third-order valence-corrected chi connectivity index (χ3v) is 5.09. The molecule has 7 nitrogen and oxygen atoms in total. The van der Waals surface area contributed by atoms with Gasteiger partial charge in [-0.15, -0.1) is 0 Å². The number of hydrogen-bond acceptors (Lipinski definition) is 5. The Kier molecular flexibility index (Phi) is 6.55. The number of nitrogens with zero attached hydrogens (tertiary/aromatic N) is 3. The molecule has 0 aliphatic carbocycles. The lowest BCUT2D eigenvalue weighted by molar-refractivity contribution is -0.384. The topological polar surface area (TPSA) is 89.5 Å². The summed E-state index contributed by atoms with van der Waals surface area (Å²) in [6.45, 7) is 0. The lowest BCUT2D eigenvalue weighted by Crippen LogP contribution is -2.16. The second-order valence-electron chi connectivity index (χ2n) is 6.73. The molecular formula is C20H10BrF6N3O4. The highest BCUT2D eigenvalue weighted by Crippen LogP contribution is 2.46. The van der Waals surface area contributed by atoms with Crippen LogP contribution in [0, 0.1) is 20.2 Å². The van der Waals surface area contributed by atoms with Gasteiger partial charge in [-0.3, -0.25) is 25.1 Å². The van der Waals surface area contributed by atoms with Gasteiger partial charge in [0.15, 0.2) is 0 Å². The zero-order valence-electron chi connectivity index (χ0n) is 16.4. The Morgan fingerprint density at radius 1 is 0.676 bits per heavy atom. The quantitative estimate of drug-likeness (QED) is 0.184. The van der Waals surface area contributed by atoms with E-state index in [1.807, 2.05) is 0 Å². The van der Waals surface area contributed by atoms with E-state index in [2.05, 4.69) is 15.9 Å². The van der Waals surface area contributed by atoms with Crippen LogP contribution in [0.5, 0.6) is 0 Å². The maximum atomic E-state index is 13.1. The number of anilines is 3. The molecule has 0 atom stereocenters. The number of halogens is 7. The number of rotatable bonds is 5. The minimum atomic E-state index is -4.92. The molecule has 0 saturated heterocycles. The third kappa shape index (κ3) is 5.11. The monoisotopic (exact) mass is 549 g/mol. The van der Waals surface area contributed by atoms with E-state index in [9.17, 15) is 46.6 Å². The van der Waals surface area contributed by atoms with Gasteiger partial charge in [-0.2, -0.15) is 26.3 Å².